The van der Waals surface area contributed by atoms with Crippen molar-refractivity contribution in [2.45, 2.75) is 6.92 Å². The summed E-state index contributed by atoms with van der Waals surface area (Å²) in [4.78, 5) is 0. The van der Waals surface area contributed by atoms with Crippen molar-refractivity contribution < 1.29 is 9.63 Å². The van der Waals surface area contributed by atoms with Gasteiger partial charge in [0, 0.05) is 6.07 Å². The Morgan fingerprint density at radius 2 is 2.06 bits per heavy atom. The standard InChI is InChI=1S/C12H9Br2NO2/c1-7-6-9(17-15-7)4-2-8-3-5-10(13)12(16)11(8)14/h2-6,16H,1H3/b4-2+. The molecule has 0 atom stereocenters. The highest BCUT2D eigenvalue weighted by Gasteiger charge is 2.06. The molecule has 0 radical (unpaired) electrons. The fraction of sp³-hybridized carbons (Fsp3) is 0.0833. The van der Waals surface area contributed by atoms with Crippen molar-refractivity contribution in [3.8, 4) is 5.75 Å². The number of aromatic hydroxyl groups is 1. The van der Waals surface area contributed by atoms with Crippen LogP contribution in [-0.2, 0) is 0 Å². The maximum absolute atomic E-state index is 9.73. The van der Waals surface area contributed by atoms with Crippen LogP contribution in [0.2, 0.25) is 0 Å². The second kappa shape index (κ2) is 5.06. The predicted molar refractivity (Wildman–Crippen MR) is 73.7 cm³/mol. The quantitative estimate of drug-likeness (QED) is 0.866. The van der Waals surface area contributed by atoms with Crippen LogP contribution >= 0.6 is 31.9 Å². The Labute approximate surface area is 115 Å². The van der Waals surface area contributed by atoms with Crippen LogP contribution in [0.25, 0.3) is 12.2 Å². The maximum Gasteiger partial charge on any atom is 0.159 e. The molecule has 5 heteroatoms. The Hall–Kier alpha value is -1.07. The molecule has 1 aromatic carbocycles. The number of halogens is 2. The third-order valence-electron chi connectivity index (χ3n) is 2.17. The van der Waals surface area contributed by atoms with Crippen molar-refractivity contribution in [3.05, 3.63) is 44.2 Å². The van der Waals surface area contributed by atoms with Gasteiger partial charge in [-0.2, -0.15) is 0 Å². The van der Waals surface area contributed by atoms with Crippen molar-refractivity contribution in [2.75, 3.05) is 0 Å². The molecule has 0 aliphatic carbocycles. The van der Waals surface area contributed by atoms with E-state index in [2.05, 4.69) is 37.0 Å². The molecule has 2 rings (SSSR count). The van der Waals surface area contributed by atoms with Gasteiger partial charge in [-0.3, -0.25) is 0 Å². The lowest BCUT2D eigenvalue weighted by atomic mass is 10.2. The lowest BCUT2D eigenvalue weighted by Gasteiger charge is -2.03. The number of benzene rings is 1. The molecule has 0 aliphatic heterocycles. The van der Waals surface area contributed by atoms with E-state index in [-0.39, 0.29) is 5.75 Å². The third kappa shape index (κ3) is 2.79. The summed E-state index contributed by atoms with van der Waals surface area (Å²) in [5, 5.41) is 13.5. The molecule has 0 amide bonds. The first-order valence-electron chi connectivity index (χ1n) is 4.86. The minimum absolute atomic E-state index is 0.181. The van der Waals surface area contributed by atoms with Gasteiger partial charge in [-0.15, -0.1) is 0 Å². The number of aryl methyl sites for hydroxylation is 1. The summed E-state index contributed by atoms with van der Waals surface area (Å²) < 4.78 is 6.34. The summed E-state index contributed by atoms with van der Waals surface area (Å²) in [5.41, 5.74) is 1.70. The molecule has 88 valence electrons. The van der Waals surface area contributed by atoms with Crippen molar-refractivity contribution in [2.24, 2.45) is 0 Å². The summed E-state index contributed by atoms with van der Waals surface area (Å²) in [6.07, 6.45) is 3.64. The van der Waals surface area contributed by atoms with E-state index in [9.17, 15) is 5.11 Å². The molecule has 0 bridgehead atoms. The van der Waals surface area contributed by atoms with Crippen molar-refractivity contribution in [1.82, 2.24) is 5.16 Å². The second-order valence-corrected chi connectivity index (χ2v) is 5.15. The van der Waals surface area contributed by atoms with Crippen molar-refractivity contribution in [1.29, 1.82) is 0 Å². The molecule has 0 spiro atoms. The highest BCUT2D eigenvalue weighted by Crippen LogP contribution is 2.35. The fourth-order valence-corrected chi connectivity index (χ4v) is 2.39. The summed E-state index contributed by atoms with van der Waals surface area (Å²) in [5.74, 6) is 0.859. The molecular weight excluding hydrogens is 350 g/mol. The van der Waals surface area contributed by atoms with Crippen LogP contribution < -0.4 is 0 Å². The van der Waals surface area contributed by atoms with Gasteiger partial charge >= 0.3 is 0 Å². The summed E-state index contributed by atoms with van der Waals surface area (Å²) in [6.45, 7) is 1.86. The number of rotatable bonds is 2. The van der Waals surface area contributed by atoms with Gasteiger partial charge in [0.25, 0.3) is 0 Å². The Bertz CT molecular complexity index is 576. The molecule has 0 saturated carbocycles. The van der Waals surface area contributed by atoms with Gasteiger partial charge in [0.1, 0.15) is 5.75 Å². The summed E-state index contributed by atoms with van der Waals surface area (Å²) >= 11 is 6.58. The van der Waals surface area contributed by atoms with Crippen LogP contribution in [0.5, 0.6) is 5.75 Å². The fourth-order valence-electron chi connectivity index (χ4n) is 1.32. The van der Waals surface area contributed by atoms with Crippen LogP contribution in [0.3, 0.4) is 0 Å². The van der Waals surface area contributed by atoms with Crippen molar-refractivity contribution in [3.63, 3.8) is 0 Å². The first-order chi connectivity index (χ1) is 8.08. The van der Waals surface area contributed by atoms with Gasteiger partial charge in [0.15, 0.2) is 5.76 Å². The molecule has 1 aromatic heterocycles. The minimum Gasteiger partial charge on any atom is -0.506 e. The topological polar surface area (TPSA) is 46.3 Å². The van der Waals surface area contributed by atoms with Crippen LogP contribution in [-0.4, -0.2) is 10.3 Å². The van der Waals surface area contributed by atoms with Crippen molar-refractivity contribution >= 4 is 44.0 Å². The van der Waals surface area contributed by atoms with E-state index >= 15 is 0 Å². The minimum atomic E-state index is 0.181. The van der Waals surface area contributed by atoms with Gasteiger partial charge in [0.05, 0.1) is 14.6 Å². The number of phenolic OH excluding ortho intramolecular Hbond substituents is 1. The summed E-state index contributed by atoms with van der Waals surface area (Å²) in [6, 6.07) is 5.50. The van der Waals surface area contributed by atoms with Gasteiger partial charge < -0.3 is 9.63 Å². The van der Waals surface area contributed by atoms with E-state index < -0.39 is 0 Å². The SMILES string of the molecule is Cc1cc(/C=C/c2ccc(Br)c(O)c2Br)on1. The van der Waals surface area contributed by atoms with E-state index in [1.165, 1.54) is 0 Å². The smallest absolute Gasteiger partial charge is 0.159 e. The van der Waals surface area contributed by atoms with Crippen LogP contribution in [0.15, 0.2) is 31.7 Å². The van der Waals surface area contributed by atoms with Crippen LogP contribution in [0.1, 0.15) is 17.0 Å². The number of hydrogen-bond acceptors (Lipinski definition) is 3. The highest BCUT2D eigenvalue weighted by atomic mass is 79.9. The van der Waals surface area contributed by atoms with E-state index in [0.29, 0.717) is 14.7 Å². The Morgan fingerprint density at radius 3 is 2.71 bits per heavy atom. The van der Waals surface area contributed by atoms with Gasteiger partial charge in [-0.05, 0) is 62.6 Å². The zero-order valence-corrected chi connectivity index (χ0v) is 12.1. The van der Waals surface area contributed by atoms with E-state index in [4.69, 9.17) is 4.52 Å². The Morgan fingerprint density at radius 1 is 1.29 bits per heavy atom. The summed E-state index contributed by atoms with van der Waals surface area (Å²) in [7, 11) is 0. The number of nitrogens with zero attached hydrogens (tertiary/aromatic N) is 1. The average molecular weight is 359 g/mol. The maximum atomic E-state index is 9.73. The molecule has 1 heterocycles. The molecule has 0 fully saturated rings. The first-order valence-corrected chi connectivity index (χ1v) is 6.45. The zero-order valence-electron chi connectivity index (χ0n) is 8.95. The van der Waals surface area contributed by atoms with Crippen LogP contribution in [0, 0.1) is 6.92 Å². The molecule has 0 unspecified atom stereocenters. The molecule has 3 nitrogen and oxygen atoms in total. The number of hydrogen-bond donors (Lipinski definition) is 1. The molecule has 0 aliphatic rings. The molecule has 2 aromatic rings. The number of aromatic nitrogens is 1. The third-order valence-corrected chi connectivity index (χ3v) is 3.64. The van der Waals surface area contributed by atoms with Gasteiger partial charge in [-0.25, -0.2) is 0 Å². The molecule has 1 N–H and O–H groups in total. The lowest BCUT2D eigenvalue weighted by molar-refractivity contribution is 0.408. The number of phenols is 1. The average Bonchev–Trinajstić information content (AvgIpc) is 2.71. The lowest BCUT2D eigenvalue weighted by Crippen LogP contribution is -1.78. The van der Waals surface area contributed by atoms with E-state index in [0.717, 1.165) is 11.3 Å². The van der Waals surface area contributed by atoms with E-state index in [1.54, 1.807) is 12.1 Å². The predicted octanol–water partition coefficient (Wildman–Crippen LogP) is 4.38. The Kier molecular flexibility index (Phi) is 3.69. The normalized spacial score (nSPS) is 11.2. The highest BCUT2D eigenvalue weighted by molar-refractivity contribution is 9.11. The zero-order chi connectivity index (χ0) is 12.4. The van der Waals surface area contributed by atoms with Gasteiger partial charge in [-0.1, -0.05) is 11.2 Å². The second-order valence-electron chi connectivity index (χ2n) is 3.50. The molecule has 17 heavy (non-hydrogen) atoms. The van der Waals surface area contributed by atoms with Gasteiger partial charge in [0.2, 0.25) is 0 Å². The largest absolute Gasteiger partial charge is 0.506 e. The molecule has 0 saturated heterocycles. The first kappa shape index (κ1) is 12.4. The van der Waals surface area contributed by atoms with Crippen LogP contribution in [0.4, 0.5) is 0 Å². The van der Waals surface area contributed by atoms with E-state index in [1.807, 2.05) is 25.1 Å². The Balaban J connectivity index is 2.30. The molecular formula is C12H9Br2NO2. The monoisotopic (exact) mass is 357 g/mol.